The van der Waals surface area contributed by atoms with Gasteiger partial charge in [0.05, 0.1) is 11.1 Å². The maximum absolute atomic E-state index is 12.2. The van der Waals surface area contributed by atoms with Gasteiger partial charge in [-0.2, -0.15) is 0 Å². The predicted octanol–water partition coefficient (Wildman–Crippen LogP) is 1.56. The average molecular weight is 224 g/mol. The molecule has 4 nitrogen and oxygen atoms in total. The number of nitrogens with zero attached hydrogens (tertiary/aromatic N) is 2. The van der Waals surface area contributed by atoms with Gasteiger partial charge < -0.3 is 0 Å². The van der Waals surface area contributed by atoms with Crippen molar-refractivity contribution in [2.75, 3.05) is 0 Å². The van der Waals surface area contributed by atoms with Gasteiger partial charge in [0.2, 0.25) is 5.78 Å². The summed E-state index contributed by atoms with van der Waals surface area (Å²) in [7, 11) is 0. The average Bonchev–Trinajstić information content (AvgIpc) is 2.36. The van der Waals surface area contributed by atoms with Gasteiger partial charge in [0.25, 0.3) is 0 Å². The Morgan fingerprint density at radius 3 is 2.59 bits per heavy atom. The lowest BCUT2D eigenvalue weighted by Gasteiger charge is -2.15. The molecule has 0 radical (unpaired) electrons. The smallest absolute Gasteiger partial charge is 0.231 e. The van der Waals surface area contributed by atoms with Gasteiger partial charge in [0, 0.05) is 12.4 Å². The summed E-state index contributed by atoms with van der Waals surface area (Å²) in [6.45, 7) is 1.84. The van der Waals surface area contributed by atoms with E-state index in [2.05, 4.69) is 9.97 Å². The van der Waals surface area contributed by atoms with E-state index in [9.17, 15) is 9.59 Å². The standard InChI is InChI=1S/C13H8N2O2/c1-7-5-9-11(15-6-7)13(17)10-8(12(9)16)3-2-4-14-10/h2-6H,1H3. The van der Waals surface area contributed by atoms with Gasteiger partial charge in [-0.05, 0) is 30.7 Å². The van der Waals surface area contributed by atoms with E-state index in [4.69, 9.17) is 0 Å². The van der Waals surface area contributed by atoms with E-state index < -0.39 is 0 Å². The zero-order chi connectivity index (χ0) is 12.0. The number of rotatable bonds is 0. The van der Waals surface area contributed by atoms with Gasteiger partial charge in [-0.3, -0.25) is 19.6 Å². The Hall–Kier alpha value is -2.36. The quantitative estimate of drug-likeness (QED) is 0.581. The van der Waals surface area contributed by atoms with Gasteiger partial charge in [-0.15, -0.1) is 0 Å². The first kappa shape index (κ1) is 9.84. The molecular formula is C13H8N2O2. The molecule has 0 fully saturated rings. The lowest BCUT2D eigenvalue weighted by molar-refractivity contribution is 0.0971. The third-order valence-electron chi connectivity index (χ3n) is 2.75. The van der Waals surface area contributed by atoms with Gasteiger partial charge in [0.15, 0.2) is 5.78 Å². The minimum atomic E-state index is -0.282. The molecule has 0 atom stereocenters. The summed E-state index contributed by atoms with van der Waals surface area (Å²) < 4.78 is 0. The van der Waals surface area contributed by atoms with Crippen LogP contribution in [0.1, 0.15) is 37.7 Å². The second kappa shape index (κ2) is 3.31. The normalized spacial score (nSPS) is 13.2. The third-order valence-corrected chi connectivity index (χ3v) is 2.75. The van der Waals surface area contributed by atoms with E-state index in [0.29, 0.717) is 11.1 Å². The molecule has 3 rings (SSSR count). The Bertz CT molecular complexity index is 662. The molecule has 0 unspecified atom stereocenters. The van der Waals surface area contributed by atoms with Crippen molar-refractivity contribution >= 4 is 11.6 Å². The fraction of sp³-hybridized carbons (Fsp3) is 0.0769. The molecule has 2 aromatic rings. The van der Waals surface area contributed by atoms with Crippen molar-refractivity contribution in [3.8, 4) is 0 Å². The molecule has 0 bridgehead atoms. The first-order valence-corrected chi connectivity index (χ1v) is 5.19. The van der Waals surface area contributed by atoms with Crippen LogP contribution in [0.5, 0.6) is 0 Å². The van der Waals surface area contributed by atoms with Crippen molar-refractivity contribution in [3.63, 3.8) is 0 Å². The molecule has 0 amide bonds. The highest BCUT2D eigenvalue weighted by atomic mass is 16.1. The molecule has 1 aliphatic rings. The van der Waals surface area contributed by atoms with E-state index in [-0.39, 0.29) is 23.0 Å². The highest BCUT2D eigenvalue weighted by Crippen LogP contribution is 2.24. The first-order valence-electron chi connectivity index (χ1n) is 5.19. The Labute approximate surface area is 97.3 Å². The summed E-state index contributed by atoms with van der Waals surface area (Å²) in [5, 5.41) is 0. The van der Waals surface area contributed by atoms with Crippen LogP contribution < -0.4 is 0 Å². The van der Waals surface area contributed by atoms with Crippen LogP contribution >= 0.6 is 0 Å². The summed E-state index contributed by atoms with van der Waals surface area (Å²) in [6.07, 6.45) is 3.08. The Morgan fingerprint density at radius 1 is 1.00 bits per heavy atom. The number of pyridine rings is 2. The predicted molar refractivity (Wildman–Crippen MR) is 60.1 cm³/mol. The molecule has 2 aromatic heterocycles. The molecule has 17 heavy (non-hydrogen) atoms. The molecule has 2 heterocycles. The van der Waals surface area contributed by atoms with E-state index in [1.165, 1.54) is 6.20 Å². The zero-order valence-corrected chi connectivity index (χ0v) is 9.10. The molecule has 0 aliphatic heterocycles. The molecule has 0 saturated heterocycles. The van der Waals surface area contributed by atoms with Crippen LogP contribution in [0.3, 0.4) is 0 Å². The highest BCUT2D eigenvalue weighted by molar-refractivity contribution is 6.26. The van der Waals surface area contributed by atoms with Crippen LogP contribution in [0.15, 0.2) is 30.6 Å². The number of hydrogen-bond donors (Lipinski definition) is 0. The van der Waals surface area contributed by atoms with Crippen LogP contribution in [0.4, 0.5) is 0 Å². The fourth-order valence-electron chi connectivity index (χ4n) is 1.95. The van der Waals surface area contributed by atoms with Crippen LogP contribution in [-0.4, -0.2) is 21.5 Å². The minimum absolute atomic E-state index is 0.182. The summed E-state index contributed by atoms with van der Waals surface area (Å²) in [4.78, 5) is 32.3. The van der Waals surface area contributed by atoms with E-state index in [0.717, 1.165) is 5.56 Å². The van der Waals surface area contributed by atoms with Crippen molar-refractivity contribution in [3.05, 3.63) is 58.7 Å². The number of aryl methyl sites for hydroxylation is 1. The second-order valence-electron chi connectivity index (χ2n) is 3.97. The molecule has 0 spiro atoms. The number of ketones is 2. The molecule has 4 heteroatoms. The Balaban J connectivity index is 2.33. The van der Waals surface area contributed by atoms with Crippen LogP contribution in [0.2, 0.25) is 0 Å². The largest absolute Gasteiger partial charge is 0.288 e. The number of carbonyl (C=O) groups excluding carboxylic acids is 2. The molecule has 0 aromatic carbocycles. The molecule has 0 N–H and O–H groups in total. The summed E-state index contributed by atoms with van der Waals surface area (Å²) in [6, 6.07) is 4.96. The second-order valence-corrected chi connectivity index (χ2v) is 3.97. The minimum Gasteiger partial charge on any atom is -0.288 e. The van der Waals surface area contributed by atoms with Gasteiger partial charge in [-0.1, -0.05) is 0 Å². The van der Waals surface area contributed by atoms with Crippen LogP contribution in [-0.2, 0) is 0 Å². The summed E-state index contributed by atoms with van der Waals surface area (Å²) >= 11 is 0. The molecular weight excluding hydrogens is 216 g/mol. The lowest BCUT2D eigenvalue weighted by atomic mass is 9.90. The number of fused-ring (bicyclic) bond motifs is 2. The van der Waals surface area contributed by atoms with Crippen molar-refractivity contribution in [2.45, 2.75) is 6.92 Å². The fourth-order valence-corrected chi connectivity index (χ4v) is 1.95. The van der Waals surface area contributed by atoms with Crippen molar-refractivity contribution in [1.29, 1.82) is 0 Å². The van der Waals surface area contributed by atoms with Crippen molar-refractivity contribution in [1.82, 2.24) is 9.97 Å². The van der Waals surface area contributed by atoms with Crippen LogP contribution in [0.25, 0.3) is 0 Å². The van der Waals surface area contributed by atoms with E-state index >= 15 is 0 Å². The van der Waals surface area contributed by atoms with Crippen molar-refractivity contribution in [2.24, 2.45) is 0 Å². The van der Waals surface area contributed by atoms with Gasteiger partial charge in [0.1, 0.15) is 11.4 Å². The lowest BCUT2D eigenvalue weighted by Crippen LogP contribution is -2.23. The van der Waals surface area contributed by atoms with Gasteiger partial charge in [-0.25, -0.2) is 0 Å². The zero-order valence-electron chi connectivity index (χ0n) is 9.10. The van der Waals surface area contributed by atoms with Crippen molar-refractivity contribution < 1.29 is 9.59 Å². The third kappa shape index (κ3) is 1.30. The SMILES string of the molecule is Cc1cnc2c(c1)C(=O)c1cccnc1C2=O. The molecule has 0 saturated carbocycles. The maximum Gasteiger partial charge on any atom is 0.231 e. The summed E-state index contributed by atoms with van der Waals surface area (Å²) in [5.41, 5.74) is 1.98. The number of hydrogen-bond acceptors (Lipinski definition) is 4. The molecule has 1 aliphatic carbocycles. The maximum atomic E-state index is 12.2. The van der Waals surface area contributed by atoms with Crippen LogP contribution in [0, 0.1) is 6.92 Å². The topological polar surface area (TPSA) is 59.9 Å². The Morgan fingerprint density at radius 2 is 1.76 bits per heavy atom. The van der Waals surface area contributed by atoms with Gasteiger partial charge >= 0.3 is 0 Å². The number of carbonyl (C=O) groups is 2. The highest BCUT2D eigenvalue weighted by Gasteiger charge is 2.31. The Kier molecular flexibility index (Phi) is 1.92. The van der Waals surface area contributed by atoms with E-state index in [1.807, 2.05) is 6.92 Å². The molecule has 82 valence electrons. The summed E-state index contributed by atoms with van der Waals surface area (Å²) in [5.74, 6) is -0.464. The number of aromatic nitrogens is 2. The first-order chi connectivity index (χ1) is 8.18. The monoisotopic (exact) mass is 224 g/mol. The van der Waals surface area contributed by atoms with E-state index in [1.54, 1.807) is 24.4 Å².